The Bertz CT molecular complexity index is 910. The first-order valence-corrected chi connectivity index (χ1v) is 11.4. The van der Waals surface area contributed by atoms with Crippen LogP contribution in [0.25, 0.3) is 0 Å². The zero-order chi connectivity index (χ0) is 23.0. The van der Waals surface area contributed by atoms with E-state index in [9.17, 15) is 24.6 Å². The van der Waals surface area contributed by atoms with Crippen LogP contribution in [0.3, 0.4) is 0 Å². The third-order valence-electron chi connectivity index (χ3n) is 9.05. The topological polar surface area (TPSA) is 101 Å². The van der Waals surface area contributed by atoms with E-state index in [2.05, 4.69) is 0 Å². The van der Waals surface area contributed by atoms with Gasteiger partial charge in [-0.05, 0) is 55.6 Å². The van der Waals surface area contributed by atoms with Crippen LogP contribution in [0.1, 0.15) is 53.4 Å². The number of hydrogen-bond donors (Lipinski definition) is 2. The number of aliphatic hydroxyl groups excluding tert-OH is 1. The average molecular weight is 451 g/mol. The van der Waals surface area contributed by atoms with Gasteiger partial charge in [-0.3, -0.25) is 14.4 Å². The molecule has 0 aromatic heterocycles. The Balaban J connectivity index is 1.76. The number of allylic oxidation sites excluding steroid dienone is 4. The molecule has 4 rings (SSSR count). The fraction of sp³-hybridized carbons (Fsp3) is 0.708. The number of Topliss-reactive ketones (excluding diaryl/α,β-unsaturated/α-hetero) is 1. The SMILES string of the molecule is CC(=O)OCC(=O)[C@@]1(O)[C@H](C)C[C@H]2[C@@H]3CCC4=CC(=O)C=C[C@]4(C)[C@@]3(Cl)[C@@H](O)C[C@@]21C. The third kappa shape index (κ3) is 2.74. The molecule has 0 aromatic carbocycles. The summed E-state index contributed by atoms with van der Waals surface area (Å²) in [4.78, 5) is 35.3. The second-order valence-corrected chi connectivity index (χ2v) is 11.0. The summed E-state index contributed by atoms with van der Waals surface area (Å²) in [7, 11) is 0. The molecule has 0 aliphatic heterocycles. The van der Waals surface area contributed by atoms with Crippen molar-refractivity contribution >= 4 is 29.1 Å². The number of halogens is 1. The Morgan fingerprint density at radius 3 is 2.61 bits per heavy atom. The van der Waals surface area contributed by atoms with Gasteiger partial charge in [0, 0.05) is 17.8 Å². The number of fused-ring (bicyclic) bond motifs is 5. The first-order chi connectivity index (χ1) is 14.3. The zero-order valence-electron chi connectivity index (χ0n) is 18.5. The molecule has 0 bridgehead atoms. The lowest BCUT2D eigenvalue weighted by molar-refractivity contribution is -0.182. The molecule has 8 atom stereocenters. The van der Waals surface area contributed by atoms with Crippen LogP contribution >= 0.6 is 11.6 Å². The normalized spacial score (nSPS) is 48.4. The zero-order valence-corrected chi connectivity index (χ0v) is 19.2. The van der Waals surface area contributed by atoms with Crippen LogP contribution in [0.5, 0.6) is 0 Å². The Labute approximate surface area is 187 Å². The number of aliphatic hydroxyl groups is 2. The van der Waals surface area contributed by atoms with Gasteiger partial charge in [0.15, 0.2) is 12.4 Å². The number of esters is 1. The molecule has 0 heterocycles. The Hall–Kier alpha value is -1.50. The predicted octanol–water partition coefficient (Wildman–Crippen LogP) is 2.74. The van der Waals surface area contributed by atoms with Crippen LogP contribution in [0.15, 0.2) is 23.8 Å². The van der Waals surface area contributed by atoms with Gasteiger partial charge in [0.2, 0.25) is 5.78 Å². The van der Waals surface area contributed by atoms with E-state index in [1.165, 1.54) is 13.0 Å². The second-order valence-electron chi connectivity index (χ2n) is 10.4. The molecular formula is C24H31ClO6. The first kappa shape index (κ1) is 22.7. The number of ketones is 2. The summed E-state index contributed by atoms with van der Waals surface area (Å²) in [6.45, 7) is 6.42. The summed E-state index contributed by atoms with van der Waals surface area (Å²) in [6.07, 6.45) is 6.07. The lowest BCUT2D eigenvalue weighted by atomic mass is 9.45. The van der Waals surface area contributed by atoms with Crippen LogP contribution in [-0.2, 0) is 19.1 Å². The molecule has 2 N–H and O–H groups in total. The Morgan fingerprint density at radius 1 is 1.29 bits per heavy atom. The average Bonchev–Trinajstić information content (AvgIpc) is 2.89. The number of carbonyl (C=O) groups excluding carboxylic acids is 3. The van der Waals surface area contributed by atoms with E-state index >= 15 is 0 Å². The minimum Gasteiger partial charge on any atom is -0.458 e. The fourth-order valence-electron chi connectivity index (χ4n) is 7.42. The molecule has 0 aromatic rings. The van der Waals surface area contributed by atoms with E-state index in [0.717, 1.165) is 5.57 Å². The van der Waals surface area contributed by atoms with Crippen molar-refractivity contribution in [3.8, 4) is 0 Å². The van der Waals surface area contributed by atoms with Crippen LogP contribution in [-0.4, -0.2) is 50.9 Å². The van der Waals surface area contributed by atoms with E-state index in [-0.39, 0.29) is 30.0 Å². The van der Waals surface area contributed by atoms with Crippen molar-refractivity contribution in [1.29, 1.82) is 0 Å². The molecule has 3 saturated carbocycles. The highest BCUT2D eigenvalue weighted by molar-refractivity contribution is 6.26. The van der Waals surface area contributed by atoms with Gasteiger partial charge < -0.3 is 14.9 Å². The van der Waals surface area contributed by atoms with E-state index in [0.29, 0.717) is 19.3 Å². The van der Waals surface area contributed by atoms with Gasteiger partial charge in [-0.2, -0.15) is 0 Å². The van der Waals surface area contributed by atoms with E-state index in [4.69, 9.17) is 16.3 Å². The van der Waals surface area contributed by atoms with Crippen molar-refractivity contribution in [2.45, 2.75) is 70.0 Å². The number of hydrogen-bond acceptors (Lipinski definition) is 6. The second kappa shape index (κ2) is 7.00. The molecule has 6 nitrogen and oxygen atoms in total. The summed E-state index contributed by atoms with van der Waals surface area (Å²) in [5.74, 6) is -1.79. The van der Waals surface area contributed by atoms with E-state index < -0.39 is 45.8 Å². The first-order valence-electron chi connectivity index (χ1n) is 11.0. The van der Waals surface area contributed by atoms with Crippen LogP contribution < -0.4 is 0 Å². The molecule has 0 saturated heterocycles. The van der Waals surface area contributed by atoms with Gasteiger partial charge in [0.1, 0.15) is 5.60 Å². The van der Waals surface area contributed by atoms with Crippen LogP contribution in [0.2, 0.25) is 0 Å². The Kier molecular flexibility index (Phi) is 5.12. The highest BCUT2D eigenvalue weighted by atomic mass is 35.5. The monoisotopic (exact) mass is 450 g/mol. The predicted molar refractivity (Wildman–Crippen MR) is 114 cm³/mol. The molecule has 0 spiro atoms. The fourth-order valence-corrected chi connectivity index (χ4v) is 7.94. The summed E-state index contributed by atoms with van der Waals surface area (Å²) in [5, 5.41) is 23.2. The molecule has 3 fully saturated rings. The quantitative estimate of drug-likeness (QED) is 0.506. The molecule has 170 valence electrons. The summed E-state index contributed by atoms with van der Waals surface area (Å²) >= 11 is 7.35. The number of rotatable bonds is 3. The molecule has 0 radical (unpaired) electrons. The highest BCUT2D eigenvalue weighted by Crippen LogP contribution is 2.71. The number of carbonyl (C=O) groups is 3. The molecule has 4 aliphatic carbocycles. The largest absolute Gasteiger partial charge is 0.458 e. The number of ether oxygens (including phenoxy) is 1. The van der Waals surface area contributed by atoms with Crippen molar-refractivity contribution in [3.63, 3.8) is 0 Å². The van der Waals surface area contributed by atoms with Gasteiger partial charge in [-0.1, -0.05) is 32.4 Å². The Morgan fingerprint density at radius 2 is 1.97 bits per heavy atom. The molecule has 7 heteroatoms. The summed E-state index contributed by atoms with van der Waals surface area (Å²) < 4.78 is 4.92. The smallest absolute Gasteiger partial charge is 0.303 e. The van der Waals surface area contributed by atoms with Crippen molar-refractivity contribution in [2.75, 3.05) is 6.61 Å². The van der Waals surface area contributed by atoms with Gasteiger partial charge in [-0.15, -0.1) is 11.6 Å². The van der Waals surface area contributed by atoms with Crippen molar-refractivity contribution < 1.29 is 29.3 Å². The van der Waals surface area contributed by atoms with Gasteiger partial charge in [0.25, 0.3) is 0 Å². The molecule has 0 unspecified atom stereocenters. The minimum absolute atomic E-state index is 0.0683. The van der Waals surface area contributed by atoms with Gasteiger partial charge in [0.05, 0.1) is 11.0 Å². The van der Waals surface area contributed by atoms with E-state index in [1.807, 2.05) is 26.8 Å². The minimum atomic E-state index is -1.72. The maximum Gasteiger partial charge on any atom is 0.303 e. The lowest BCUT2D eigenvalue weighted by Crippen LogP contribution is -2.69. The molecular weight excluding hydrogens is 420 g/mol. The standard InChI is InChI=1S/C24H31ClO6/c1-13-9-18-17-6-5-15-10-16(27)7-8-21(15,3)23(17,25)19(28)11-22(18,4)24(13,30)20(29)12-31-14(2)26/h7-8,10,13,17-19,28,30H,5-6,9,11-12H2,1-4H3/t13-,17+,18+,19+,21+,22+,23+,24+/m1/s1. The van der Waals surface area contributed by atoms with Gasteiger partial charge in [-0.25, -0.2) is 0 Å². The third-order valence-corrected chi connectivity index (χ3v) is 9.98. The number of alkyl halides is 1. The summed E-state index contributed by atoms with van der Waals surface area (Å²) in [5.41, 5.74) is -2.38. The lowest BCUT2D eigenvalue weighted by Gasteiger charge is -2.63. The van der Waals surface area contributed by atoms with Crippen LogP contribution in [0, 0.1) is 28.6 Å². The maximum atomic E-state index is 13.1. The molecule has 4 aliphatic rings. The van der Waals surface area contributed by atoms with E-state index in [1.54, 1.807) is 6.08 Å². The van der Waals surface area contributed by atoms with Crippen molar-refractivity contribution in [3.05, 3.63) is 23.8 Å². The highest BCUT2D eigenvalue weighted by Gasteiger charge is 2.74. The molecule has 31 heavy (non-hydrogen) atoms. The summed E-state index contributed by atoms with van der Waals surface area (Å²) in [6, 6.07) is 0. The molecule has 0 amide bonds. The van der Waals surface area contributed by atoms with Crippen molar-refractivity contribution in [1.82, 2.24) is 0 Å². The van der Waals surface area contributed by atoms with Crippen molar-refractivity contribution in [2.24, 2.45) is 28.6 Å². The maximum absolute atomic E-state index is 13.1. The van der Waals surface area contributed by atoms with Gasteiger partial charge >= 0.3 is 5.97 Å². The van der Waals surface area contributed by atoms with Crippen LogP contribution in [0.4, 0.5) is 0 Å².